The molecular weight excluding hydrogens is 256 g/mol. The van der Waals surface area contributed by atoms with Crippen LogP contribution in [-0.4, -0.2) is 50.9 Å². The fourth-order valence-corrected chi connectivity index (χ4v) is 2.83. The number of methoxy groups -OCH3 is 1. The highest BCUT2D eigenvalue weighted by atomic mass is 16.6. The summed E-state index contributed by atoms with van der Waals surface area (Å²) in [6, 6.07) is 4.67. The van der Waals surface area contributed by atoms with E-state index < -0.39 is 0 Å². The van der Waals surface area contributed by atoms with Gasteiger partial charge in [-0.2, -0.15) is 0 Å². The maximum Gasteiger partial charge on any atom is 0.203 e. The average Bonchev–Trinajstić information content (AvgIpc) is 2.46. The lowest BCUT2D eigenvalue weighted by molar-refractivity contribution is 0.163. The molecule has 1 saturated heterocycles. The third kappa shape index (κ3) is 2.83. The molecule has 0 aromatic heterocycles. The minimum Gasteiger partial charge on any atom is -0.493 e. The first-order valence-electron chi connectivity index (χ1n) is 7.18. The molecule has 1 atom stereocenters. The van der Waals surface area contributed by atoms with E-state index >= 15 is 0 Å². The lowest BCUT2D eigenvalue weighted by atomic mass is 10.1. The standard InChI is InChI=1S/C15H22N2O3/c1-11-9-17(4-3-16-11)10-12-7-13(18-2)15-14(8-12)19-5-6-20-15/h7-8,11,16H,3-6,9-10H2,1-2H3. The highest BCUT2D eigenvalue weighted by Crippen LogP contribution is 2.40. The molecule has 0 spiro atoms. The summed E-state index contributed by atoms with van der Waals surface area (Å²) in [5, 5.41) is 3.46. The second-order valence-electron chi connectivity index (χ2n) is 5.41. The number of hydrogen-bond acceptors (Lipinski definition) is 5. The second kappa shape index (κ2) is 5.89. The number of ether oxygens (including phenoxy) is 3. The number of nitrogens with one attached hydrogen (secondary N) is 1. The van der Waals surface area contributed by atoms with Gasteiger partial charge < -0.3 is 19.5 Å². The van der Waals surface area contributed by atoms with Crippen molar-refractivity contribution in [3.63, 3.8) is 0 Å². The number of rotatable bonds is 3. The summed E-state index contributed by atoms with van der Waals surface area (Å²) < 4.78 is 16.7. The predicted octanol–water partition coefficient (Wildman–Crippen LogP) is 1.26. The van der Waals surface area contributed by atoms with Gasteiger partial charge in [-0.05, 0) is 24.6 Å². The van der Waals surface area contributed by atoms with Crippen molar-refractivity contribution in [1.29, 1.82) is 0 Å². The molecule has 0 bridgehead atoms. The van der Waals surface area contributed by atoms with Crippen LogP contribution in [-0.2, 0) is 6.54 Å². The van der Waals surface area contributed by atoms with Crippen LogP contribution in [0.15, 0.2) is 12.1 Å². The minimum absolute atomic E-state index is 0.544. The zero-order chi connectivity index (χ0) is 13.9. The third-order valence-corrected chi connectivity index (χ3v) is 3.75. The zero-order valence-electron chi connectivity index (χ0n) is 12.1. The van der Waals surface area contributed by atoms with Crippen LogP contribution in [0, 0.1) is 0 Å². The Morgan fingerprint density at radius 2 is 2.20 bits per heavy atom. The van der Waals surface area contributed by atoms with Crippen LogP contribution in [0.2, 0.25) is 0 Å². The molecule has 0 aliphatic carbocycles. The van der Waals surface area contributed by atoms with Crippen LogP contribution in [0.5, 0.6) is 17.2 Å². The van der Waals surface area contributed by atoms with Gasteiger partial charge in [-0.25, -0.2) is 0 Å². The van der Waals surface area contributed by atoms with E-state index in [-0.39, 0.29) is 0 Å². The Kier molecular flexibility index (Phi) is 3.98. The lowest BCUT2D eigenvalue weighted by Gasteiger charge is -2.32. The van der Waals surface area contributed by atoms with Gasteiger partial charge in [0.25, 0.3) is 0 Å². The molecule has 20 heavy (non-hydrogen) atoms. The van der Waals surface area contributed by atoms with Gasteiger partial charge in [0.05, 0.1) is 7.11 Å². The van der Waals surface area contributed by atoms with Gasteiger partial charge in [-0.1, -0.05) is 0 Å². The van der Waals surface area contributed by atoms with Gasteiger partial charge in [0.2, 0.25) is 5.75 Å². The summed E-state index contributed by atoms with van der Waals surface area (Å²) in [4.78, 5) is 2.45. The van der Waals surface area contributed by atoms with E-state index in [1.54, 1.807) is 7.11 Å². The van der Waals surface area contributed by atoms with Gasteiger partial charge in [0.1, 0.15) is 13.2 Å². The van der Waals surface area contributed by atoms with Crippen molar-refractivity contribution in [3.05, 3.63) is 17.7 Å². The van der Waals surface area contributed by atoms with Crippen molar-refractivity contribution in [3.8, 4) is 17.2 Å². The monoisotopic (exact) mass is 278 g/mol. The molecule has 1 aromatic rings. The number of piperazine rings is 1. The van der Waals surface area contributed by atoms with Crippen molar-refractivity contribution in [1.82, 2.24) is 10.2 Å². The average molecular weight is 278 g/mol. The van der Waals surface area contributed by atoms with E-state index in [0.29, 0.717) is 19.3 Å². The molecule has 0 saturated carbocycles. The molecule has 2 aliphatic rings. The van der Waals surface area contributed by atoms with Crippen LogP contribution >= 0.6 is 0 Å². The summed E-state index contributed by atoms with van der Waals surface area (Å²) >= 11 is 0. The molecule has 0 radical (unpaired) electrons. The van der Waals surface area contributed by atoms with Crippen molar-refractivity contribution >= 4 is 0 Å². The molecule has 0 amide bonds. The number of hydrogen-bond donors (Lipinski definition) is 1. The van der Waals surface area contributed by atoms with Crippen LogP contribution < -0.4 is 19.5 Å². The van der Waals surface area contributed by atoms with E-state index in [1.807, 2.05) is 0 Å². The van der Waals surface area contributed by atoms with Crippen LogP contribution in [0.3, 0.4) is 0 Å². The van der Waals surface area contributed by atoms with E-state index in [4.69, 9.17) is 14.2 Å². The first kappa shape index (κ1) is 13.5. The number of nitrogens with zero attached hydrogens (tertiary/aromatic N) is 1. The molecule has 1 aromatic carbocycles. The molecule has 1 fully saturated rings. The summed E-state index contributed by atoms with van der Waals surface area (Å²) in [7, 11) is 1.67. The Morgan fingerprint density at radius 3 is 3.00 bits per heavy atom. The van der Waals surface area contributed by atoms with Crippen molar-refractivity contribution in [2.24, 2.45) is 0 Å². The summed E-state index contributed by atoms with van der Waals surface area (Å²) in [6.07, 6.45) is 0. The quantitative estimate of drug-likeness (QED) is 0.901. The van der Waals surface area contributed by atoms with E-state index in [2.05, 4.69) is 29.3 Å². The van der Waals surface area contributed by atoms with E-state index in [9.17, 15) is 0 Å². The molecule has 1 unspecified atom stereocenters. The van der Waals surface area contributed by atoms with Crippen molar-refractivity contribution in [2.45, 2.75) is 19.5 Å². The molecule has 5 heteroatoms. The SMILES string of the molecule is COc1cc(CN2CCNC(C)C2)cc2c1OCCO2. The Labute approximate surface area is 119 Å². The van der Waals surface area contributed by atoms with Crippen LogP contribution in [0.1, 0.15) is 12.5 Å². The highest BCUT2D eigenvalue weighted by Gasteiger charge is 2.21. The van der Waals surface area contributed by atoms with Crippen molar-refractivity contribution < 1.29 is 14.2 Å². The normalized spacial score (nSPS) is 22.6. The van der Waals surface area contributed by atoms with Crippen LogP contribution in [0.4, 0.5) is 0 Å². The largest absolute Gasteiger partial charge is 0.493 e. The Hall–Kier alpha value is -1.46. The van der Waals surface area contributed by atoms with Crippen molar-refractivity contribution in [2.75, 3.05) is 40.0 Å². The van der Waals surface area contributed by atoms with Gasteiger partial charge >= 0.3 is 0 Å². The zero-order valence-corrected chi connectivity index (χ0v) is 12.1. The molecule has 5 nitrogen and oxygen atoms in total. The first-order valence-corrected chi connectivity index (χ1v) is 7.18. The molecule has 110 valence electrons. The highest BCUT2D eigenvalue weighted by molar-refractivity contribution is 5.54. The molecule has 3 rings (SSSR count). The Morgan fingerprint density at radius 1 is 1.35 bits per heavy atom. The lowest BCUT2D eigenvalue weighted by Crippen LogP contribution is -2.48. The predicted molar refractivity (Wildman–Crippen MR) is 76.7 cm³/mol. The van der Waals surface area contributed by atoms with E-state index in [0.717, 1.165) is 43.4 Å². The minimum atomic E-state index is 0.544. The summed E-state index contributed by atoms with van der Waals surface area (Å²) in [6.45, 7) is 7.50. The number of fused-ring (bicyclic) bond motifs is 1. The summed E-state index contributed by atoms with van der Waals surface area (Å²) in [5.41, 5.74) is 1.21. The third-order valence-electron chi connectivity index (χ3n) is 3.75. The van der Waals surface area contributed by atoms with Gasteiger partial charge in [-0.3, -0.25) is 4.90 Å². The summed E-state index contributed by atoms with van der Waals surface area (Å²) in [5.74, 6) is 2.30. The van der Waals surface area contributed by atoms with E-state index in [1.165, 1.54) is 5.56 Å². The van der Waals surface area contributed by atoms with Crippen LogP contribution in [0.25, 0.3) is 0 Å². The van der Waals surface area contributed by atoms with Gasteiger partial charge in [-0.15, -0.1) is 0 Å². The maximum atomic E-state index is 5.68. The molecular formula is C15H22N2O3. The fourth-order valence-electron chi connectivity index (χ4n) is 2.83. The molecule has 2 heterocycles. The topological polar surface area (TPSA) is 43.0 Å². The second-order valence-corrected chi connectivity index (χ2v) is 5.41. The molecule has 2 aliphatic heterocycles. The number of benzene rings is 1. The Bertz CT molecular complexity index is 461. The maximum absolute atomic E-state index is 5.68. The Balaban J connectivity index is 1.79. The fraction of sp³-hybridized carbons (Fsp3) is 0.600. The smallest absolute Gasteiger partial charge is 0.203 e. The van der Waals surface area contributed by atoms with Gasteiger partial charge in [0, 0.05) is 32.2 Å². The van der Waals surface area contributed by atoms with Gasteiger partial charge in [0.15, 0.2) is 11.5 Å². The first-order chi connectivity index (χ1) is 9.76. The molecule has 1 N–H and O–H groups in total.